The predicted molar refractivity (Wildman–Crippen MR) is 180 cm³/mol. The van der Waals surface area contributed by atoms with Gasteiger partial charge in [0, 0.05) is 0 Å². The first-order valence-electron chi connectivity index (χ1n) is 14.2. The first kappa shape index (κ1) is 30.4. The zero-order valence-electron chi connectivity index (χ0n) is 22.4. The summed E-state index contributed by atoms with van der Waals surface area (Å²) in [5.41, 5.74) is 0. The summed E-state index contributed by atoms with van der Waals surface area (Å²) in [5.74, 6) is 0. The standard InChI is InChI=1S/C10H20.4C6H5.2BrH.2Sn/c1-3-5-7-9-10-8-6-4-2;4*1-2-4-6-5-3-1;;;;/h1-10H2;4*1-5H;2*1H;;/q;;;;;;;2*+1/p-2. The average molecular weight is 846 g/mol. The van der Waals surface area contributed by atoms with Gasteiger partial charge in [0.25, 0.3) is 0 Å². The first-order chi connectivity index (χ1) is 18.6. The van der Waals surface area contributed by atoms with Gasteiger partial charge in [0.05, 0.1) is 0 Å². The first-order valence-corrected chi connectivity index (χ1v) is 36.8. The third-order valence-electron chi connectivity index (χ3n) is 7.72. The van der Waals surface area contributed by atoms with E-state index in [0.717, 1.165) is 0 Å². The third-order valence-corrected chi connectivity index (χ3v) is 45.5. The monoisotopic (exact) mass is 846 g/mol. The molecule has 0 saturated carbocycles. The van der Waals surface area contributed by atoms with Crippen molar-refractivity contribution < 1.29 is 0 Å². The van der Waals surface area contributed by atoms with E-state index >= 15 is 0 Å². The number of benzene rings is 4. The molecule has 0 radical (unpaired) electrons. The molecular formula is C34H40Br2Sn2. The molecule has 0 bridgehead atoms. The van der Waals surface area contributed by atoms with E-state index in [1.165, 1.54) is 60.2 Å². The van der Waals surface area contributed by atoms with Crippen LogP contribution in [0.4, 0.5) is 0 Å². The zero-order valence-corrected chi connectivity index (χ0v) is 31.3. The molecule has 0 nitrogen and oxygen atoms in total. The normalized spacial score (nSPS) is 11.9. The van der Waals surface area contributed by atoms with Gasteiger partial charge in [-0.2, -0.15) is 0 Å². The van der Waals surface area contributed by atoms with Crippen molar-refractivity contribution in [3.63, 3.8) is 0 Å². The van der Waals surface area contributed by atoms with Gasteiger partial charge in [0.15, 0.2) is 0 Å². The SMILES string of the molecule is [Br][Sn]([CH2]CCCCCCCC[CH2][Sn]([Br])([c]1ccccc1)[c]1ccccc1)([c]1ccccc1)[c]1ccccc1. The Labute approximate surface area is 250 Å². The Morgan fingerprint density at radius 2 is 0.526 bits per heavy atom. The molecule has 0 atom stereocenters. The van der Waals surface area contributed by atoms with E-state index in [9.17, 15) is 0 Å². The topological polar surface area (TPSA) is 0 Å². The molecule has 0 N–H and O–H groups in total. The van der Waals surface area contributed by atoms with Crippen molar-refractivity contribution in [1.82, 2.24) is 0 Å². The Balaban J connectivity index is 1.18. The molecule has 4 aromatic rings. The van der Waals surface area contributed by atoms with E-state index in [4.69, 9.17) is 0 Å². The van der Waals surface area contributed by atoms with Crippen LogP contribution >= 0.6 is 25.4 Å². The van der Waals surface area contributed by atoms with Crippen LogP contribution in [0.3, 0.4) is 0 Å². The minimum atomic E-state index is -2.74. The number of unbranched alkanes of at least 4 members (excludes halogenated alkanes) is 7. The van der Waals surface area contributed by atoms with Crippen molar-refractivity contribution >= 4 is 72.0 Å². The maximum atomic E-state index is 4.37. The van der Waals surface area contributed by atoms with Gasteiger partial charge in [-0.3, -0.25) is 0 Å². The molecule has 0 amide bonds. The molecule has 0 unspecified atom stereocenters. The van der Waals surface area contributed by atoms with Crippen molar-refractivity contribution in [2.75, 3.05) is 0 Å². The summed E-state index contributed by atoms with van der Waals surface area (Å²) in [4.78, 5) is 0. The number of halogens is 2. The summed E-state index contributed by atoms with van der Waals surface area (Å²) in [6.07, 6.45) is 10.9. The van der Waals surface area contributed by atoms with Gasteiger partial charge in [0.2, 0.25) is 0 Å². The predicted octanol–water partition coefficient (Wildman–Crippen LogP) is 8.42. The van der Waals surface area contributed by atoms with Gasteiger partial charge in [-0.1, -0.05) is 0 Å². The summed E-state index contributed by atoms with van der Waals surface area (Å²) < 4.78 is 8.92. The van der Waals surface area contributed by atoms with Crippen LogP contribution in [0.15, 0.2) is 121 Å². The molecule has 4 heteroatoms. The van der Waals surface area contributed by atoms with E-state index in [0.29, 0.717) is 0 Å². The molecule has 38 heavy (non-hydrogen) atoms. The van der Waals surface area contributed by atoms with E-state index in [2.05, 4.69) is 147 Å². The summed E-state index contributed by atoms with van der Waals surface area (Å²) in [6.45, 7) is 0. The van der Waals surface area contributed by atoms with E-state index in [1.807, 2.05) is 0 Å². The molecule has 0 spiro atoms. The van der Waals surface area contributed by atoms with Crippen LogP contribution < -0.4 is 14.3 Å². The van der Waals surface area contributed by atoms with Crippen LogP contribution in [0.5, 0.6) is 0 Å². The van der Waals surface area contributed by atoms with Crippen molar-refractivity contribution in [1.29, 1.82) is 0 Å². The Hall–Kier alpha value is -0.563. The van der Waals surface area contributed by atoms with Gasteiger partial charge in [-0.15, -0.1) is 0 Å². The molecule has 0 aliphatic heterocycles. The molecule has 0 aliphatic rings. The van der Waals surface area contributed by atoms with Gasteiger partial charge in [-0.05, 0) is 0 Å². The van der Waals surface area contributed by atoms with Crippen LogP contribution in [-0.4, -0.2) is 32.3 Å². The average Bonchev–Trinajstić information content (AvgIpc) is 2.99. The second kappa shape index (κ2) is 16.0. The van der Waals surface area contributed by atoms with Crippen molar-refractivity contribution in [2.45, 2.75) is 60.2 Å². The Morgan fingerprint density at radius 1 is 0.316 bits per heavy atom. The van der Waals surface area contributed by atoms with Gasteiger partial charge >= 0.3 is 254 Å². The van der Waals surface area contributed by atoms with Crippen LogP contribution in [-0.2, 0) is 0 Å². The summed E-state index contributed by atoms with van der Waals surface area (Å²) in [6, 6.07) is 44.9. The van der Waals surface area contributed by atoms with Gasteiger partial charge < -0.3 is 0 Å². The molecule has 0 aromatic heterocycles. The van der Waals surface area contributed by atoms with Crippen LogP contribution in [0.2, 0.25) is 8.87 Å². The fraction of sp³-hybridized carbons (Fsp3) is 0.294. The molecular weight excluding hydrogens is 806 g/mol. The number of hydrogen-bond acceptors (Lipinski definition) is 0. The van der Waals surface area contributed by atoms with Gasteiger partial charge in [-0.25, -0.2) is 0 Å². The van der Waals surface area contributed by atoms with E-state index in [1.54, 1.807) is 14.3 Å². The molecule has 4 aromatic carbocycles. The quantitative estimate of drug-likeness (QED) is 0.0834. The van der Waals surface area contributed by atoms with E-state index < -0.39 is 32.3 Å². The fourth-order valence-corrected chi connectivity index (χ4v) is 34.0. The van der Waals surface area contributed by atoms with Crippen molar-refractivity contribution in [3.8, 4) is 0 Å². The van der Waals surface area contributed by atoms with Crippen LogP contribution in [0.25, 0.3) is 0 Å². The van der Waals surface area contributed by atoms with Crippen molar-refractivity contribution in [2.24, 2.45) is 0 Å². The Bertz CT molecular complexity index is 1010. The second-order valence-electron chi connectivity index (χ2n) is 10.4. The summed E-state index contributed by atoms with van der Waals surface area (Å²) in [5, 5.41) is 0. The number of rotatable bonds is 15. The zero-order chi connectivity index (χ0) is 26.5. The van der Waals surface area contributed by atoms with Crippen LogP contribution in [0.1, 0.15) is 51.4 Å². The second-order valence-corrected chi connectivity index (χ2v) is 47.1. The molecule has 0 saturated heterocycles. The third kappa shape index (κ3) is 8.47. The maximum absolute atomic E-state index is 4.37. The summed E-state index contributed by atoms with van der Waals surface area (Å²) in [7, 11) is 0. The van der Waals surface area contributed by atoms with E-state index in [-0.39, 0.29) is 0 Å². The minimum absolute atomic E-state index is 1.33. The molecule has 0 heterocycles. The fourth-order valence-electron chi connectivity index (χ4n) is 5.52. The Kier molecular flexibility index (Phi) is 12.8. The van der Waals surface area contributed by atoms with Gasteiger partial charge in [0.1, 0.15) is 0 Å². The van der Waals surface area contributed by atoms with Crippen molar-refractivity contribution in [3.05, 3.63) is 121 Å². The number of hydrogen-bond donors (Lipinski definition) is 0. The molecule has 0 fully saturated rings. The molecule has 0 aliphatic carbocycles. The molecule has 4 rings (SSSR count). The van der Waals surface area contributed by atoms with Crippen LogP contribution in [0, 0.1) is 0 Å². The Morgan fingerprint density at radius 3 is 0.763 bits per heavy atom. The molecule has 198 valence electrons. The summed E-state index contributed by atoms with van der Waals surface area (Å²) >= 11 is 3.26.